The summed E-state index contributed by atoms with van der Waals surface area (Å²) in [5.74, 6) is 0.0197. The van der Waals surface area contributed by atoms with Gasteiger partial charge in [0.2, 0.25) is 11.8 Å². The van der Waals surface area contributed by atoms with Crippen molar-refractivity contribution in [1.29, 1.82) is 0 Å². The first kappa shape index (κ1) is 19.4. The van der Waals surface area contributed by atoms with E-state index in [-0.39, 0.29) is 30.2 Å². The van der Waals surface area contributed by atoms with Gasteiger partial charge in [-0.2, -0.15) is 0 Å². The Hall–Kier alpha value is -2.37. The maximum Gasteiger partial charge on any atom is 0.254 e. The van der Waals surface area contributed by atoms with Crippen LogP contribution in [0.25, 0.3) is 0 Å². The lowest BCUT2D eigenvalue weighted by Gasteiger charge is -2.47. The third kappa shape index (κ3) is 3.84. The molecule has 1 aromatic carbocycles. The van der Waals surface area contributed by atoms with E-state index in [1.54, 1.807) is 11.8 Å². The molecule has 6 heteroatoms. The fraction of sp³-hybridized carbons (Fsp3) is 0.571. The van der Waals surface area contributed by atoms with Crippen molar-refractivity contribution >= 4 is 17.7 Å². The minimum Gasteiger partial charge on any atom is -0.354 e. The number of fused-ring (bicyclic) bond motifs is 1. The van der Waals surface area contributed by atoms with Gasteiger partial charge in [0, 0.05) is 38.2 Å². The molecule has 1 aromatic rings. The Labute approximate surface area is 160 Å². The third-order valence-corrected chi connectivity index (χ3v) is 6.04. The molecule has 27 heavy (non-hydrogen) atoms. The SMILES string of the molecule is CCC(C)NC(=O)CC1(N2Cc3ccccc3C2=O)CCN(C(C)=O)CC1. The third-order valence-electron chi connectivity index (χ3n) is 6.04. The van der Waals surface area contributed by atoms with Crippen molar-refractivity contribution in [2.45, 2.75) is 64.6 Å². The van der Waals surface area contributed by atoms with Gasteiger partial charge in [-0.05, 0) is 37.8 Å². The van der Waals surface area contributed by atoms with Crippen molar-refractivity contribution in [2.75, 3.05) is 13.1 Å². The molecule has 3 rings (SSSR count). The second kappa shape index (κ2) is 7.71. The second-order valence-corrected chi connectivity index (χ2v) is 7.83. The van der Waals surface area contributed by atoms with E-state index in [9.17, 15) is 14.4 Å². The highest BCUT2D eigenvalue weighted by Crippen LogP contribution is 2.38. The van der Waals surface area contributed by atoms with Crippen molar-refractivity contribution in [3.05, 3.63) is 35.4 Å². The Kier molecular flexibility index (Phi) is 5.53. The van der Waals surface area contributed by atoms with Crippen LogP contribution in [0.15, 0.2) is 24.3 Å². The van der Waals surface area contributed by atoms with Crippen LogP contribution in [-0.2, 0) is 16.1 Å². The number of hydrogen-bond donors (Lipinski definition) is 1. The maximum absolute atomic E-state index is 13.1. The van der Waals surface area contributed by atoms with E-state index in [0.29, 0.717) is 32.5 Å². The Morgan fingerprint density at radius 3 is 2.48 bits per heavy atom. The summed E-state index contributed by atoms with van der Waals surface area (Å²) in [5.41, 5.74) is 1.20. The van der Waals surface area contributed by atoms with Gasteiger partial charge < -0.3 is 15.1 Å². The topological polar surface area (TPSA) is 69.7 Å². The van der Waals surface area contributed by atoms with E-state index in [2.05, 4.69) is 5.32 Å². The minimum absolute atomic E-state index is 0.00165. The summed E-state index contributed by atoms with van der Waals surface area (Å²) in [6.45, 7) is 7.27. The van der Waals surface area contributed by atoms with Gasteiger partial charge in [-0.3, -0.25) is 14.4 Å². The number of benzene rings is 1. The molecule has 1 atom stereocenters. The van der Waals surface area contributed by atoms with Gasteiger partial charge in [-0.15, -0.1) is 0 Å². The van der Waals surface area contributed by atoms with Gasteiger partial charge in [0.1, 0.15) is 0 Å². The Morgan fingerprint density at radius 2 is 1.89 bits per heavy atom. The lowest BCUT2D eigenvalue weighted by molar-refractivity contribution is -0.132. The molecule has 1 N–H and O–H groups in total. The van der Waals surface area contributed by atoms with Crippen LogP contribution in [0.1, 0.15) is 62.4 Å². The molecule has 0 radical (unpaired) electrons. The van der Waals surface area contributed by atoms with E-state index in [1.807, 2.05) is 43.0 Å². The fourth-order valence-electron chi connectivity index (χ4n) is 4.14. The smallest absolute Gasteiger partial charge is 0.254 e. The first-order valence-corrected chi connectivity index (χ1v) is 9.81. The average Bonchev–Trinajstić information content (AvgIpc) is 2.99. The molecule has 1 saturated heterocycles. The summed E-state index contributed by atoms with van der Waals surface area (Å²) in [4.78, 5) is 41.2. The van der Waals surface area contributed by atoms with E-state index in [0.717, 1.165) is 17.5 Å². The standard InChI is InChI=1S/C21H29N3O3/c1-4-15(2)22-19(26)13-21(9-11-23(12-10-21)16(3)25)24-14-17-7-5-6-8-18(17)20(24)27/h5-8,15H,4,9-14H2,1-3H3,(H,22,26). The maximum atomic E-state index is 13.1. The van der Waals surface area contributed by atoms with Gasteiger partial charge in [-0.1, -0.05) is 25.1 Å². The van der Waals surface area contributed by atoms with Crippen molar-refractivity contribution in [3.63, 3.8) is 0 Å². The lowest BCUT2D eigenvalue weighted by atomic mass is 9.82. The first-order valence-electron chi connectivity index (χ1n) is 9.81. The molecule has 0 aromatic heterocycles. The predicted molar refractivity (Wildman–Crippen MR) is 103 cm³/mol. The number of carbonyl (C=O) groups excluding carboxylic acids is 3. The zero-order chi connectivity index (χ0) is 19.6. The predicted octanol–water partition coefficient (Wildman–Crippen LogP) is 2.33. The zero-order valence-electron chi connectivity index (χ0n) is 16.5. The molecule has 0 bridgehead atoms. The highest BCUT2D eigenvalue weighted by molar-refractivity contribution is 5.99. The van der Waals surface area contributed by atoms with Crippen molar-refractivity contribution < 1.29 is 14.4 Å². The molecule has 146 valence electrons. The van der Waals surface area contributed by atoms with E-state index >= 15 is 0 Å². The minimum atomic E-state index is -0.542. The van der Waals surface area contributed by atoms with Crippen molar-refractivity contribution in [3.8, 4) is 0 Å². The van der Waals surface area contributed by atoms with Gasteiger partial charge in [0.15, 0.2) is 0 Å². The van der Waals surface area contributed by atoms with Gasteiger partial charge in [0.25, 0.3) is 5.91 Å². The van der Waals surface area contributed by atoms with Crippen LogP contribution in [0.3, 0.4) is 0 Å². The van der Waals surface area contributed by atoms with Crippen molar-refractivity contribution in [2.24, 2.45) is 0 Å². The molecule has 6 nitrogen and oxygen atoms in total. The van der Waals surface area contributed by atoms with Crippen LogP contribution in [0.4, 0.5) is 0 Å². The Balaban J connectivity index is 1.84. The molecule has 0 saturated carbocycles. The monoisotopic (exact) mass is 371 g/mol. The van der Waals surface area contributed by atoms with Gasteiger partial charge >= 0.3 is 0 Å². The highest BCUT2D eigenvalue weighted by atomic mass is 16.2. The summed E-state index contributed by atoms with van der Waals surface area (Å²) >= 11 is 0. The number of nitrogens with zero attached hydrogens (tertiary/aromatic N) is 2. The molecule has 0 aliphatic carbocycles. The molecule has 2 aliphatic heterocycles. The van der Waals surface area contributed by atoms with E-state index < -0.39 is 5.54 Å². The average molecular weight is 371 g/mol. The summed E-state index contributed by atoms with van der Waals surface area (Å²) in [6.07, 6.45) is 2.40. The normalized spacial score (nSPS) is 19.6. The summed E-state index contributed by atoms with van der Waals surface area (Å²) in [5, 5.41) is 3.04. The molecule has 2 heterocycles. The van der Waals surface area contributed by atoms with Crippen LogP contribution in [0.2, 0.25) is 0 Å². The largest absolute Gasteiger partial charge is 0.354 e. The molecule has 1 fully saturated rings. The fourth-order valence-corrected chi connectivity index (χ4v) is 4.14. The quantitative estimate of drug-likeness (QED) is 0.864. The molecule has 0 spiro atoms. The number of likely N-dealkylation sites (tertiary alicyclic amines) is 1. The number of amides is 3. The van der Waals surface area contributed by atoms with Gasteiger partial charge in [-0.25, -0.2) is 0 Å². The number of carbonyl (C=O) groups is 3. The summed E-state index contributed by atoms with van der Waals surface area (Å²) < 4.78 is 0. The first-order chi connectivity index (χ1) is 12.9. The summed E-state index contributed by atoms with van der Waals surface area (Å²) in [6, 6.07) is 7.76. The Morgan fingerprint density at radius 1 is 1.22 bits per heavy atom. The second-order valence-electron chi connectivity index (χ2n) is 7.83. The van der Waals surface area contributed by atoms with E-state index in [4.69, 9.17) is 0 Å². The molecular formula is C21H29N3O3. The van der Waals surface area contributed by atoms with Crippen molar-refractivity contribution in [1.82, 2.24) is 15.1 Å². The summed E-state index contributed by atoms with van der Waals surface area (Å²) in [7, 11) is 0. The van der Waals surface area contributed by atoms with E-state index in [1.165, 1.54) is 0 Å². The molecular weight excluding hydrogens is 342 g/mol. The zero-order valence-corrected chi connectivity index (χ0v) is 16.5. The van der Waals surface area contributed by atoms with Gasteiger partial charge in [0.05, 0.1) is 12.0 Å². The Bertz CT molecular complexity index is 738. The van der Waals surface area contributed by atoms with Crippen LogP contribution in [0.5, 0.6) is 0 Å². The molecule has 3 amide bonds. The number of hydrogen-bond acceptors (Lipinski definition) is 3. The number of piperidine rings is 1. The number of nitrogens with one attached hydrogen (secondary N) is 1. The van der Waals surface area contributed by atoms with Crippen LogP contribution >= 0.6 is 0 Å². The molecule has 1 unspecified atom stereocenters. The van der Waals surface area contributed by atoms with Crippen LogP contribution in [-0.4, -0.2) is 52.2 Å². The lowest BCUT2D eigenvalue weighted by Crippen LogP contribution is -2.58. The molecule has 2 aliphatic rings. The van der Waals surface area contributed by atoms with Crippen LogP contribution in [0, 0.1) is 0 Å². The highest BCUT2D eigenvalue weighted by Gasteiger charge is 2.47. The number of rotatable bonds is 5. The van der Waals surface area contributed by atoms with Crippen LogP contribution < -0.4 is 5.32 Å².